The fourth-order valence-electron chi connectivity index (χ4n) is 2.43. The van der Waals surface area contributed by atoms with Gasteiger partial charge >= 0.3 is 0 Å². The lowest BCUT2D eigenvalue weighted by atomic mass is 9.89. The van der Waals surface area contributed by atoms with Gasteiger partial charge in [-0.2, -0.15) is 0 Å². The van der Waals surface area contributed by atoms with E-state index in [0.717, 1.165) is 17.7 Å². The average molecular weight is 276 g/mol. The summed E-state index contributed by atoms with van der Waals surface area (Å²) in [5, 5.41) is 2.87. The van der Waals surface area contributed by atoms with E-state index in [-0.39, 0.29) is 18.2 Å². The molecule has 108 valence electrons. The van der Waals surface area contributed by atoms with E-state index in [1.54, 1.807) is 19.1 Å². The normalized spacial score (nSPS) is 17.8. The van der Waals surface area contributed by atoms with Gasteiger partial charge in [0.15, 0.2) is 0 Å². The molecule has 2 amide bonds. The van der Waals surface area contributed by atoms with Crippen LogP contribution in [0.25, 0.3) is 0 Å². The highest BCUT2D eigenvalue weighted by molar-refractivity contribution is 6.02. The second-order valence-electron chi connectivity index (χ2n) is 4.91. The molecular weight excluding hydrogens is 256 g/mol. The third-order valence-electron chi connectivity index (χ3n) is 3.57. The fraction of sp³-hybridized carbons (Fsp3) is 0.467. The van der Waals surface area contributed by atoms with Crippen molar-refractivity contribution in [1.29, 1.82) is 0 Å². The molecule has 0 aliphatic carbocycles. The van der Waals surface area contributed by atoms with Crippen molar-refractivity contribution in [1.82, 2.24) is 5.32 Å². The van der Waals surface area contributed by atoms with Crippen LogP contribution in [-0.2, 0) is 14.3 Å². The van der Waals surface area contributed by atoms with Gasteiger partial charge in [0, 0.05) is 39.4 Å². The van der Waals surface area contributed by atoms with E-state index in [2.05, 4.69) is 5.32 Å². The van der Waals surface area contributed by atoms with Crippen LogP contribution in [0.2, 0.25) is 0 Å². The highest BCUT2D eigenvalue weighted by Crippen LogP contribution is 2.34. The van der Waals surface area contributed by atoms with Gasteiger partial charge in [-0.25, -0.2) is 0 Å². The summed E-state index contributed by atoms with van der Waals surface area (Å²) < 4.78 is 4.94. The van der Waals surface area contributed by atoms with Crippen molar-refractivity contribution >= 4 is 17.5 Å². The van der Waals surface area contributed by atoms with Gasteiger partial charge in [-0.15, -0.1) is 0 Å². The summed E-state index contributed by atoms with van der Waals surface area (Å²) in [7, 11) is 3.38. The first kappa shape index (κ1) is 14.5. The molecule has 2 rings (SSSR count). The zero-order chi connectivity index (χ0) is 14.5. The molecule has 0 saturated carbocycles. The molecule has 1 atom stereocenters. The molecule has 0 radical (unpaired) electrons. The van der Waals surface area contributed by atoms with Crippen LogP contribution in [0.5, 0.6) is 0 Å². The molecular formula is C15H20N2O3. The van der Waals surface area contributed by atoms with Crippen molar-refractivity contribution in [2.45, 2.75) is 18.8 Å². The molecule has 1 N–H and O–H groups in total. The van der Waals surface area contributed by atoms with Gasteiger partial charge in [-0.1, -0.05) is 18.2 Å². The smallest absolute Gasteiger partial charge is 0.228 e. The van der Waals surface area contributed by atoms with Crippen LogP contribution < -0.4 is 10.2 Å². The molecule has 5 heteroatoms. The number of amides is 2. The van der Waals surface area contributed by atoms with Crippen molar-refractivity contribution in [3.8, 4) is 0 Å². The van der Waals surface area contributed by atoms with E-state index in [1.807, 2.05) is 24.3 Å². The Kier molecular flexibility index (Phi) is 4.74. The third kappa shape index (κ3) is 2.99. The van der Waals surface area contributed by atoms with Crippen molar-refractivity contribution in [3.63, 3.8) is 0 Å². The van der Waals surface area contributed by atoms with Gasteiger partial charge < -0.3 is 15.0 Å². The lowest BCUT2D eigenvalue weighted by molar-refractivity contribution is -0.127. The molecule has 20 heavy (non-hydrogen) atoms. The monoisotopic (exact) mass is 276 g/mol. The number of para-hydroxylation sites is 1. The summed E-state index contributed by atoms with van der Waals surface area (Å²) in [5.74, 6) is -0.506. The maximum Gasteiger partial charge on any atom is 0.228 e. The number of rotatable bonds is 5. The Labute approximate surface area is 118 Å². The quantitative estimate of drug-likeness (QED) is 0.824. The van der Waals surface area contributed by atoms with E-state index >= 15 is 0 Å². The van der Waals surface area contributed by atoms with Crippen LogP contribution >= 0.6 is 0 Å². The van der Waals surface area contributed by atoms with E-state index in [0.29, 0.717) is 13.2 Å². The number of nitrogens with zero attached hydrogens (tertiary/aromatic N) is 1. The summed E-state index contributed by atoms with van der Waals surface area (Å²) in [4.78, 5) is 25.8. The first-order valence-corrected chi connectivity index (χ1v) is 6.77. The van der Waals surface area contributed by atoms with E-state index < -0.39 is 5.92 Å². The molecule has 1 heterocycles. The minimum atomic E-state index is -0.391. The van der Waals surface area contributed by atoms with Gasteiger partial charge in [0.2, 0.25) is 11.8 Å². The van der Waals surface area contributed by atoms with Crippen LogP contribution in [0.3, 0.4) is 0 Å². The number of ether oxygens (including phenoxy) is 1. The summed E-state index contributed by atoms with van der Waals surface area (Å²) in [6.45, 7) is 1.18. The summed E-state index contributed by atoms with van der Waals surface area (Å²) in [6.07, 6.45) is 0.994. The van der Waals surface area contributed by atoms with Crippen molar-refractivity contribution in [3.05, 3.63) is 29.8 Å². The van der Waals surface area contributed by atoms with Crippen LogP contribution in [0.15, 0.2) is 24.3 Å². The predicted octanol–water partition coefficient (Wildman–Crippen LogP) is 1.29. The van der Waals surface area contributed by atoms with E-state index in [1.165, 1.54) is 0 Å². The Balaban J connectivity index is 2.10. The Morgan fingerprint density at radius 1 is 1.45 bits per heavy atom. The molecule has 5 nitrogen and oxygen atoms in total. The topological polar surface area (TPSA) is 58.6 Å². The average Bonchev–Trinajstić information content (AvgIpc) is 2.47. The van der Waals surface area contributed by atoms with Gasteiger partial charge in [-0.05, 0) is 18.1 Å². The zero-order valence-corrected chi connectivity index (χ0v) is 11.9. The van der Waals surface area contributed by atoms with E-state index in [9.17, 15) is 9.59 Å². The maximum absolute atomic E-state index is 12.3. The number of hydrogen-bond donors (Lipinski definition) is 1. The molecule has 1 unspecified atom stereocenters. The maximum atomic E-state index is 12.3. The number of methoxy groups -OCH3 is 1. The van der Waals surface area contributed by atoms with Crippen molar-refractivity contribution in [2.75, 3.05) is 32.2 Å². The molecule has 1 aliphatic heterocycles. The third-order valence-corrected chi connectivity index (χ3v) is 3.57. The SMILES string of the molecule is COCCCNC(=O)C1CC(=O)N(C)c2ccccc21. The molecule has 0 bridgehead atoms. The van der Waals surface area contributed by atoms with Gasteiger partial charge in [0.25, 0.3) is 0 Å². The molecule has 0 saturated heterocycles. The standard InChI is InChI=1S/C15H20N2O3/c1-17-13-7-4-3-6-11(13)12(10-14(17)18)15(19)16-8-5-9-20-2/h3-4,6-7,12H,5,8-10H2,1-2H3,(H,16,19). The zero-order valence-electron chi connectivity index (χ0n) is 11.9. The van der Waals surface area contributed by atoms with E-state index in [4.69, 9.17) is 4.74 Å². The van der Waals surface area contributed by atoms with Crippen molar-refractivity contribution < 1.29 is 14.3 Å². The fourth-order valence-corrected chi connectivity index (χ4v) is 2.43. The Hall–Kier alpha value is -1.88. The number of hydrogen-bond acceptors (Lipinski definition) is 3. The van der Waals surface area contributed by atoms with Crippen LogP contribution in [-0.4, -0.2) is 39.1 Å². The highest BCUT2D eigenvalue weighted by Gasteiger charge is 2.33. The highest BCUT2D eigenvalue weighted by atomic mass is 16.5. The number of carbonyl (C=O) groups is 2. The minimum Gasteiger partial charge on any atom is -0.385 e. The molecule has 1 aliphatic rings. The van der Waals surface area contributed by atoms with Crippen molar-refractivity contribution in [2.24, 2.45) is 0 Å². The largest absolute Gasteiger partial charge is 0.385 e. The Morgan fingerprint density at radius 2 is 2.20 bits per heavy atom. The second-order valence-corrected chi connectivity index (χ2v) is 4.91. The Bertz CT molecular complexity index is 502. The first-order chi connectivity index (χ1) is 9.65. The number of benzene rings is 1. The summed E-state index contributed by atoms with van der Waals surface area (Å²) in [5.41, 5.74) is 1.74. The number of anilines is 1. The first-order valence-electron chi connectivity index (χ1n) is 6.77. The molecule has 1 aromatic rings. The molecule has 0 fully saturated rings. The summed E-state index contributed by atoms with van der Waals surface area (Å²) >= 11 is 0. The lowest BCUT2D eigenvalue weighted by Gasteiger charge is -2.30. The molecule has 1 aromatic carbocycles. The lowest BCUT2D eigenvalue weighted by Crippen LogP contribution is -2.39. The van der Waals surface area contributed by atoms with Gasteiger partial charge in [-0.3, -0.25) is 9.59 Å². The predicted molar refractivity (Wildman–Crippen MR) is 76.7 cm³/mol. The Morgan fingerprint density at radius 3 is 2.95 bits per heavy atom. The molecule has 0 aromatic heterocycles. The number of nitrogens with one attached hydrogen (secondary N) is 1. The van der Waals surface area contributed by atoms with Gasteiger partial charge in [0.05, 0.1) is 5.92 Å². The molecule has 0 spiro atoms. The minimum absolute atomic E-state index is 0.0271. The van der Waals surface area contributed by atoms with Crippen LogP contribution in [0, 0.1) is 0 Å². The van der Waals surface area contributed by atoms with Crippen LogP contribution in [0.4, 0.5) is 5.69 Å². The van der Waals surface area contributed by atoms with Gasteiger partial charge in [0.1, 0.15) is 0 Å². The summed E-state index contributed by atoms with van der Waals surface area (Å²) in [6, 6.07) is 7.56. The number of carbonyl (C=O) groups excluding carboxylic acids is 2. The van der Waals surface area contributed by atoms with Crippen LogP contribution in [0.1, 0.15) is 24.3 Å². The number of fused-ring (bicyclic) bond motifs is 1. The second kappa shape index (κ2) is 6.52.